The van der Waals surface area contributed by atoms with Crippen molar-refractivity contribution in [3.05, 3.63) is 23.2 Å². The molecule has 0 aliphatic heterocycles. The highest BCUT2D eigenvalue weighted by Crippen LogP contribution is 2.38. The summed E-state index contributed by atoms with van der Waals surface area (Å²) in [4.78, 5) is 10.1. The maximum absolute atomic E-state index is 12.8. The highest BCUT2D eigenvalue weighted by Gasteiger charge is 2.41. The van der Waals surface area contributed by atoms with Crippen LogP contribution in [0.5, 0.6) is 0 Å². The summed E-state index contributed by atoms with van der Waals surface area (Å²) in [6.07, 6.45) is -2.03. The first-order valence-corrected chi connectivity index (χ1v) is 5.07. The Balaban J connectivity index is 2.63. The SMILES string of the molecule is NCC(c1c[nH]c2ncnc(Cl)c12)C(F)(F)F. The average molecular weight is 265 g/mol. The predicted molar refractivity (Wildman–Crippen MR) is 56.7 cm³/mol. The molecule has 0 aromatic carbocycles. The first-order valence-electron chi connectivity index (χ1n) is 4.69. The van der Waals surface area contributed by atoms with Gasteiger partial charge in [0.25, 0.3) is 0 Å². The Morgan fingerprint density at radius 2 is 2.12 bits per heavy atom. The zero-order valence-electron chi connectivity index (χ0n) is 8.42. The van der Waals surface area contributed by atoms with Gasteiger partial charge >= 0.3 is 6.18 Å². The molecule has 2 aromatic rings. The van der Waals surface area contributed by atoms with Gasteiger partial charge in [-0.25, -0.2) is 9.97 Å². The molecule has 2 heterocycles. The normalized spacial score (nSPS) is 14.2. The van der Waals surface area contributed by atoms with Crippen LogP contribution in [0.1, 0.15) is 11.5 Å². The van der Waals surface area contributed by atoms with E-state index in [2.05, 4.69) is 15.0 Å². The molecule has 2 rings (SSSR count). The van der Waals surface area contributed by atoms with E-state index >= 15 is 0 Å². The van der Waals surface area contributed by atoms with Gasteiger partial charge < -0.3 is 10.7 Å². The highest BCUT2D eigenvalue weighted by atomic mass is 35.5. The van der Waals surface area contributed by atoms with E-state index in [0.29, 0.717) is 0 Å². The third-order valence-electron chi connectivity index (χ3n) is 2.46. The van der Waals surface area contributed by atoms with Crippen molar-refractivity contribution in [2.75, 3.05) is 6.54 Å². The number of aromatic amines is 1. The van der Waals surface area contributed by atoms with Crippen LogP contribution in [0.3, 0.4) is 0 Å². The van der Waals surface area contributed by atoms with Crippen molar-refractivity contribution >= 4 is 22.6 Å². The van der Waals surface area contributed by atoms with E-state index in [1.165, 1.54) is 12.5 Å². The second kappa shape index (κ2) is 4.15. The Kier molecular flexibility index (Phi) is 2.96. The summed E-state index contributed by atoms with van der Waals surface area (Å²) in [5.41, 5.74) is 5.41. The van der Waals surface area contributed by atoms with E-state index in [1.807, 2.05) is 0 Å². The van der Waals surface area contributed by atoms with Gasteiger partial charge in [0.15, 0.2) is 0 Å². The molecule has 2 aromatic heterocycles. The predicted octanol–water partition coefficient (Wildman–Crippen LogP) is 2.22. The number of fused-ring (bicyclic) bond motifs is 1. The lowest BCUT2D eigenvalue weighted by atomic mass is 9.99. The van der Waals surface area contributed by atoms with Gasteiger partial charge in [0.05, 0.1) is 11.3 Å². The van der Waals surface area contributed by atoms with E-state index in [0.717, 1.165) is 0 Å². The molecule has 3 N–H and O–H groups in total. The summed E-state index contributed by atoms with van der Waals surface area (Å²) in [7, 11) is 0. The number of alkyl halides is 3. The summed E-state index contributed by atoms with van der Waals surface area (Å²) in [6.45, 7) is -0.554. The summed E-state index contributed by atoms with van der Waals surface area (Å²) < 4.78 is 38.3. The number of nitrogens with zero attached hydrogens (tertiary/aromatic N) is 2. The van der Waals surface area contributed by atoms with Crippen molar-refractivity contribution in [3.63, 3.8) is 0 Å². The van der Waals surface area contributed by atoms with Gasteiger partial charge in [-0.15, -0.1) is 0 Å². The van der Waals surface area contributed by atoms with Crippen LogP contribution in [-0.2, 0) is 0 Å². The lowest BCUT2D eigenvalue weighted by Gasteiger charge is -2.17. The van der Waals surface area contributed by atoms with Gasteiger partial charge in [0.1, 0.15) is 17.1 Å². The van der Waals surface area contributed by atoms with Gasteiger partial charge in [-0.1, -0.05) is 11.6 Å². The number of hydrogen-bond acceptors (Lipinski definition) is 3. The highest BCUT2D eigenvalue weighted by molar-refractivity contribution is 6.34. The van der Waals surface area contributed by atoms with E-state index in [-0.39, 0.29) is 21.7 Å². The standard InChI is InChI=1S/C9H8ClF3N4/c10-7-6-4(5(1-14)9(11,12)13)2-15-8(6)17-3-16-7/h2-3,5H,1,14H2,(H,15,16,17). The minimum absolute atomic E-state index is 0.0195. The molecule has 0 amide bonds. The average Bonchev–Trinajstić information content (AvgIpc) is 2.62. The summed E-state index contributed by atoms with van der Waals surface area (Å²) >= 11 is 5.78. The number of nitrogens with two attached hydrogens (primary N) is 1. The molecule has 0 saturated carbocycles. The van der Waals surface area contributed by atoms with Crippen LogP contribution >= 0.6 is 11.6 Å². The molecule has 17 heavy (non-hydrogen) atoms. The molecular weight excluding hydrogens is 257 g/mol. The van der Waals surface area contributed by atoms with E-state index in [4.69, 9.17) is 17.3 Å². The Hall–Kier alpha value is -1.34. The maximum Gasteiger partial charge on any atom is 0.397 e. The molecule has 1 atom stereocenters. The number of H-pyrrole nitrogens is 1. The summed E-state index contributed by atoms with van der Waals surface area (Å²) in [5.74, 6) is -1.78. The Morgan fingerprint density at radius 1 is 1.41 bits per heavy atom. The van der Waals surface area contributed by atoms with Crippen molar-refractivity contribution in [1.29, 1.82) is 0 Å². The van der Waals surface area contributed by atoms with E-state index in [1.54, 1.807) is 0 Å². The zero-order chi connectivity index (χ0) is 12.6. The van der Waals surface area contributed by atoms with Crippen LogP contribution in [0, 0.1) is 0 Å². The molecule has 1 unspecified atom stereocenters. The fourth-order valence-electron chi connectivity index (χ4n) is 1.66. The second-order valence-corrected chi connectivity index (χ2v) is 3.82. The molecule has 0 saturated heterocycles. The zero-order valence-corrected chi connectivity index (χ0v) is 9.18. The first kappa shape index (κ1) is 12.1. The fraction of sp³-hybridized carbons (Fsp3) is 0.333. The Labute approximate surface area is 99.0 Å². The summed E-state index contributed by atoms with van der Waals surface area (Å²) in [6, 6.07) is 0. The van der Waals surface area contributed by atoms with Gasteiger partial charge in [-0.05, 0) is 5.56 Å². The molecule has 0 bridgehead atoms. The quantitative estimate of drug-likeness (QED) is 0.817. The fourth-order valence-corrected chi connectivity index (χ4v) is 1.90. The number of nitrogens with one attached hydrogen (secondary N) is 1. The molecule has 0 fully saturated rings. The van der Waals surface area contributed by atoms with Gasteiger partial charge in [-0.3, -0.25) is 0 Å². The molecule has 92 valence electrons. The van der Waals surface area contributed by atoms with Crippen molar-refractivity contribution in [3.8, 4) is 0 Å². The van der Waals surface area contributed by atoms with Crippen molar-refractivity contribution < 1.29 is 13.2 Å². The number of halogens is 4. The van der Waals surface area contributed by atoms with Crippen molar-refractivity contribution in [2.24, 2.45) is 5.73 Å². The molecule has 0 aliphatic carbocycles. The topological polar surface area (TPSA) is 67.6 Å². The van der Waals surface area contributed by atoms with E-state index < -0.39 is 18.6 Å². The summed E-state index contributed by atoms with van der Waals surface area (Å²) in [5, 5.41) is 0.149. The molecule has 8 heteroatoms. The van der Waals surface area contributed by atoms with Crippen LogP contribution in [0.2, 0.25) is 5.15 Å². The van der Waals surface area contributed by atoms with Gasteiger partial charge in [0.2, 0.25) is 0 Å². The third-order valence-corrected chi connectivity index (χ3v) is 2.75. The largest absolute Gasteiger partial charge is 0.397 e. The van der Waals surface area contributed by atoms with Crippen molar-refractivity contribution in [1.82, 2.24) is 15.0 Å². The molecule has 0 radical (unpaired) electrons. The minimum atomic E-state index is -4.43. The lowest BCUT2D eigenvalue weighted by Crippen LogP contribution is -2.27. The minimum Gasteiger partial charge on any atom is -0.346 e. The smallest absolute Gasteiger partial charge is 0.346 e. The first-order chi connectivity index (χ1) is 7.95. The van der Waals surface area contributed by atoms with Gasteiger partial charge in [-0.2, -0.15) is 13.2 Å². The second-order valence-electron chi connectivity index (χ2n) is 3.46. The molecule has 0 spiro atoms. The van der Waals surface area contributed by atoms with Crippen LogP contribution < -0.4 is 5.73 Å². The lowest BCUT2D eigenvalue weighted by molar-refractivity contribution is -0.147. The third kappa shape index (κ3) is 2.07. The maximum atomic E-state index is 12.8. The number of rotatable bonds is 2. The van der Waals surface area contributed by atoms with Crippen LogP contribution in [-0.4, -0.2) is 27.7 Å². The Morgan fingerprint density at radius 3 is 2.71 bits per heavy atom. The monoisotopic (exact) mass is 264 g/mol. The Bertz CT molecular complexity index is 537. The van der Waals surface area contributed by atoms with Crippen LogP contribution in [0.25, 0.3) is 11.0 Å². The molecule has 4 nitrogen and oxygen atoms in total. The molecular formula is C9H8ClF3N4. The number of aromatic nitrogens is 3. The van der Waals surface area contributed by atoms with Crippen LogP contribution in [0.15, 0.2) is 12.5 Å². The van der Waals surface area contributed by atoms with E-state index in [9.17, 15) is 13.2 Å². The van der Waals surface area contributed by atoms with Crippen molar-refractivity contribution in [2.45, 2.75) is 12.1 Å². The molecule has 0 aliphatic rings. The van der Waals surface area contributed by atoms with Gasteiger partial charge in [0, 0.05) is 12.7 Å². The van der Waals surface area contributed by atoms with Crippen LogP contribution in [0.4, 0.5) is 13.2 Å². The number of hydrogen-bond donors (Lipinski definition) is 2.